The summed E-state index contributed by atoms with van der Waals surface area (Å²) in [6.07, 6.45) is 4.58. The fraction of sp³-hybridized carbons (Fsp3) is 0.308. The molecule has 0 aliphatic carbocycles. The number of carbonyl (C=O) groups excluding carboxylic acids is 1. The third kappa shape index (κ3) is 3.25. The van der Waals surface area contributed by atoms with Crippen LogP contribution in [0.3, 0.4) is 0 Å². The minimum absolute atomic E-state index is 0.0288. The molecule has 10 heteroatoms. The van der Waals surface area contributed by atoms with Gasteiger partial charge in [0.25, 0.3) is 0 Å². The second kappa shape index (κ2) is 8.89. The third-order valence-electron chi connectivity index (χ3n) is 7.30. The van der Waals surface area contributed by atoms with Gasteiger partial charge in [0, 0.05) is 38.2 Å². The Bertz CT molecular complexity index is 1290. The van der Waals surface area contributed by atoms with Crippen molar-refractivity contribution in [1.82, 2.24) is 24.8 Å². The number of likely N-dealkylation sites (tertiary alicyclic amines) is 2. The number of ketones is 1. The number of hydrogen-bond acceptors (Lipinski definition) is 8. The van der Waals surface area contributed by atoms with E-state index in [9.17, 15) is 24.6 Å². The van der Waals surface area contributed by atoms with Crippen LogP contribution in [0.4, 0.5) is 0 Å². The van der Waals surface area contributed by atoms with Crippen LogP contribution in [0.1, 0.15) is 23.1 Å². The largest absolute Gasteiger partial charge is 0.480 e. The monoisotopic (exact) mass is 487 g/mol. The standard InChI is InChI=1S/C26H25N5O5/c1-30-15-18-21(19-9-3-6-12-28-19)31(14-17-8-2-5-11-27-17)26(24(35)36,20-10-4-7-13-29-20)25(16-30,22(18)32)23(33)34/h2-13,18,21H,14-16H2,1H3,(H,33,34)(H,35,36). The van der Waals surface area contributed by atoms with E-state index < -0.39 is 40.6 Å². The summed E-state index contributed by atoms with van der Waals surface area (Å²) in [7, 11) is 1.70. The van der Waals surface area contributed by atoms with Crippen molar-refractivity contribution >= 4 is 17.7 Å². The molecule has 0 saturated carbocycles. The van der Waals surface area contributed by atoms with Crippen molar-refractivity contribution in [3.63, 3.8) is 0 Å². The zero-order valence-electron chi connectivity index (χ0n) is 19.6. The maximum atomic E-state index is 14.2. The molecule has 3 aromatic heterocycles. The number of Topliss-reactive ketones (excluding diaryl/α,β-unsaturated/α-hetero) is 1. The van der Waals surface area contributed by atoms with Crippen LogP contribution in [0.2, 0.25) is 0 Å². The van der Waals surface area contributed by atoms with Crippen LogP contribution in [0, 0.1) is 11.3 Å². The number of rotatable bonds is 6. The number of aliphatic carboxylic acids is 2. The number of nitrogens with zero attached hydrogens (tertiary/aromatic N) is 5. The normalized spacial score (nSPS) is 28.5. The van der Waals surface area contributed by atoms with E-state index in [1.807, 2.05) is 0 Å². The van der Waals surface area contributed by atoms with Crippen molar-refractivity contribution in [3.8, 4) is 0 Å². The topological polar surface area (TPSA) is 137 Å². The molecule has 4 unspecified atom stereocenters. The Morgan fingerprint density at radius 1 is 0.944 bits per heavy atom. The van der Waals surface area contributed by atoms with E-state index in [1.165, 1.54) is 12.3 Å². The van der Waals surface area contributed by atoms with E-state index in [0.29, 0.717) is 11.4 Å². The van der Waals surface area contributed by atoms with Gasteiger partial charge in [-0.2, -0.15) is 0 Å². The second-order valence-electron chi connectivity index (χ2n) is 9.26. The van der Waals surface area contributed by atoms with E-state index in [2.05, 4.69) is 15.0 Å². The zero-order valence-corrected chi connectivity index (χ0v) is 19.6. The smallest absolute Gasteiger partial charge is 0.332 e. The first kappa shape index (κ1) is 23.7. The summed E-state index contributed by atoms with van der Waals surface area (Å²) < 4.78 is 0. The molecule has 184 valence electrons. The van der Waals surface area contributed by atoms with E-state index in [-0.39, 0.29) is 25.3 Å². The fourth-order valence-corrected chi connectivity index (χ4v) is 5.97. The Hall–Kier alpha value is -4.02. The lowest BCUT2D eigenvalue weighted by Gasteiger charge is -2.61. The highest BCUT2D eigenvalue weighted by Crippen LogP contribution is 2.58. The number of piperidine rings is 2. The average Bonchev–Trinajstić information content (AvgIpc) is 2.87. The van der Waals surface area contributed by atoms with Crippen LogP contribution in [-0.2, 0) is 26.5 Å². The molecule has 0 amide bonds. The maximum Gasteiger partial charge on any atom is 0.332 e. The molecule has 36 heavy (non-hydrogen) atoms. The van der Waals surface area contributed by atoms with Crippen molar-refractivity contribution in [2.75, 3.05) is 20.1 Å². The molecule has 5 heterocycles. The second-order valence-corrected chi connectivity index (χ2v) is 9.26. The van der Waals surface area contributed by atoms with Gasteiger partial charge in [-0.3, -0.25) is 29.4 Å². The molecule has 2 bridgehead atoms. The number of carbonyl (C=O) groups is 3. The average molecular weight is 488 g/mol. The van der Waals surface area contributed by atoms with Crippen molar-refractivity contribution in [2.45, 2.75) is 18.1 Å². The van der Waals surface area contributed by atoms with Gasteiger partial charge in [-0.1, -0.05) is 18.2 Å². The first-order chi connectivity index (χ1) is 17.3. The summed E-state index contributed by atoms with van der Waals surface area (Å²) in [6, 6.07) is 14.3. The number of pyridine rings is 3. The van der Waals surface area contributed by atoms with Crippen LogP contribution >= 0.6 is 0 Å². The molecule has 4 atom stereocenters. The number of carboxylic acid groups (broad SMARTS) is 2. The van der Waals surface area contributed by atoms with Crippen LogP contribution in [0.25, 0.3) is 0 Å². The molecule has 2 fully saturated rings. The van der Waals surface area contributed by atoms with Crippen molar-refractivity contribution in [2.24, 2.45) is 11.3 Å². The molecule has 0 spiro atoms. The number of fused-ring (bicyclic) bond motifs is 2. The van der Waals surface area contributed by atoms with Gasteiger partial charge in [0.2, 0.25) is 0 Å². The van der Waals surface area contributed by atoms with E-state index in [4.69, 9.17) is 0 Å². The molecular formula is C26H25N5O5. The Balaban J connectivity index is 1.90. The lowest BCUT2D eigenvalue weighted by Crippen LogP contribution is -2.78. The lowest BCUT2D eigenvalue weighted by molar-refractivity contribution is -0.212. The molecule has 10 nitrogen and oxygen atoms in total. The quantitative estimate of drug-likeness (QED) is 0.493. The molecule has 2 aliphatic rings. The summed E-state index contributed by atoms with van der Waals surface area (Å²) in [5.74, 6) is -4.44. The highest BCUT2D eigenvalue weighted by atomic mass is 16.4. The molecular weight excluding hydrogens is 462 g/mol. The van der Waals surface area contributed by atoms with Gasteiger partial charge in [-0.15, -0.1) is 0 Å². The SMILES string of the molecule is CN1CC2C(=O)C(C(=O)O)(C1)C(C(=O)O)(c1ccccn1)N(Cc1ccccn1)C2c1ccccn1. The van der Waals surface area contributed by atoms with Crippen molar-refractivity contribution in [1.29, 1.82) is 0 Å². The first-order valence-electron chi connectivity index (χ1n) is 11.5. The first-order valence-corrected chi connectivity index (χ1v) is 11.5. The van der Waals surface area contributed by atoms with Gasteiger partial charge in [-0.25, -0.2) is 4.79 Å². The summed E-state index contributed by atoms with van der Waals surface area (Å²) >= 11 is 0. The summed E-state index contributed by atoms with van der Waals surface area (Å²) in [5.41, 5.74) is -3.70. The minimum Gasteiger partial charge on any atom is -0.480 e. The summed E-state index contributed by atoms with van der Waals surface area (Å²) in [6.45, 7) is -0.0621. The zero-order chi connectivity index (χ0) is 25.5. The Labute approximate surface area is 207 Å². The van der Waals surface area contributed by atoms with E-state index in [0.717, 1.165) is 0 Å². The van der Waals surface area contributed by atoms with Crippen molar-refractivity contribution in [3.05, 3.63) is 90.3 Å². The fourth-order valence-electron chi connectivity index (χ4n) is 5.97. The van der Waals surface area contributed by atoms with Crippen LogP contribution in [0.5, 0.6) is 0 Å². The summed E-state index contributed by atoms with van der Waals surface area (Å²) in [4.78, 5) is 57.5. The van der Waals surface area contributed by atoms with Crippen LogP contribution < -0.4 is 0 Å². The van der Waals surface area contributed by atoms with Gasteiger partial charge in [0.15, 0.2) is 16.7 Å². The molecule has 0 radical (unpaired) electrons. The highest BCUT2D eigenvalue weighted by Gasteiger charge is 2.77. The van der Waals surface area contributed by atoms with E-state index >= 15 is 0 Å². The summed E-state index contributed by atoms with van der Waals surface area (Å²) in [5, 5.41) is 21.7. The number of hydrogen-bond donors (Lipinski definition) is 2. The number of carboxylic acids is 2. The van der Waals surface area contributed by atoms with Crippen LogP contribution in [0.15, 0.2) is 73.2 Å². The van der Waals surface area contributed by atoms with Gasteiger partial charge >= 0.3 is 11.9 Å². The maximum absolute atomic E-state index is 14.2. The Morgan fingerprint density at radius 2 is 1.61 bits per heavy atom. The predicted octanol–water partition coefficient (Wildman–Crippen LogP) is 1.61. The van der Waals surface area contributed by atoms with Crippen molar-refractivity contribution < 1.29 is 24.6 Å². The molecule has 2 saturated heterocycles. The molecule has 3 aromatic rings. The van der Waals surface area contributed by atoms with Gasteiger partial charge in [0.1, 0.15) is 0 Å². The van der Waals surface area contributed by atoms with Gasteiger partial charge < -0.3 is 15.1 Å². The van der Waals surface area contributed by atoms with Gasteiger partial charge in [-0.05, 0) is 43.4 Å². The van der Waals surface area contributed by atoms with Crippen LogP contribution in [-0.4, -0.2) is 72.8 Å². The number of aromatic nitrogens is 3. The Morgan fingerprint density at radius 3 is 2.17 bits per heavy atom. The predicted molar refractivity (Wildman–Crippen MR) is 126 cm³/mol. The molecule has 5 rings (SSSR count). The molecule has 0 aromatic carbocycles. The molecule has 2 aliphatic heterocycles. The highest BCUT2D eigenvalue weighted by molar-refractivity contribution is 6.12. The Kier molecular flexibility index (Phi) is 5.85. The lowest BCUT2D eigenvalue weighted by atomic mass is 9.54. The van der Waals surface area contributed by atoms with Gasteiger partial charge in [0.05, 0.1) is 29.0 Å². The van der Waals surface area contributed by atoms with E-state index in [1.54, 1.807) is 77.8 Å². The third-order valence-corrected chi connectivity index (χ3v) is 7.30. The minimum atomic E-state index is -2.35. The molecule has 2 N–H and O–H groups in total.